The van der Waals surface area contributed by atoms with Gasteiger partial charge in [0, 0.05) is 17.1 Å². The molecule has 1 rings (SSSR count). The molecule has 1 aromatic rings. The van der Waals surface area contributed by atoms with Gasteiger partial charge in [-0.1, -0.05) is 25.4 Å². The first-order valence-corrected chi connectivity index (χ1v) is 8.59. The molecular formula is C12H18BrClN2O2S. The Kier molecular flexibility index (Phi) is 6.26. The molecule has 0 bridgehead atoms. The molecular weight excluding hydrogens is 352 g/mol. The summed E-state index contributed by atoms with van der Waals surface area (Å²) in [4.78, 5) is 0.172. The Hall–Kier alpha value is -0.140. The highest BCUT2D eigenvalue weighted by atomic mass is 79.9. The van der Waals surface area contributed by atoms with Crippen molar-refractivity contribution in [2.24, 2.45) is 11.7 Å². The highest BCUT2D eigenvalue weighted by Crippen LogP contribution is 2.25. The number of rotatable bonds is 6. The van der Waals surface area contributed by atoms with Crippen LogP contribution in [-0.2, 0) is 10.0 Å². The lowest BCUT2D eigenvalue weighted by molar-refractivity contribution is 0.465. The highest BCUT2D eigenvalue weighted by Gasteiger charge is 2.20. The predicted molar refractivity (Wildman–Crippen MR) is 81.8 cm³/mol. The van der Waals surface area contributed by atoms with Gasteiger partial charge in [-0.15, -0.1) is 0 Å². The first-order chi connectivity index (χ1) is 8.76. The minimum atomic E-state index is -3.58. The van der Waals surface area contributed by atoms with Gasteiger partial charge >= 0.3 is 0 Å². The van der Waals surface area contributed by atoms with Crippen LogP contribution in [0.4, 0.5) is 0 Å². The van der Waals surface area contributed by atoms with Crippen molar-refractivity contribution in [1.82, 2.24) is 4.72 Å². The lowest BCUT2D eigenvalue weighted by Crippen LogP contribution is -2.40. The molecule has 19 heavy (non-hydrogen) atoms. The Bertz CT molecular complexity index is 535. The van der Waals surface area contributed by atoms with Crippen molar-refractivity contribution >= 4 is 37.6 Å². The standard InChI is InChI=1S/C12H18BrClN2O2S/c1-8(2)5-9(7-15)16-19(17,18)10-3-4-12(14)11(13)6-10/h3-4,6,8-9,16H,5,7,15H2,1-2H3. The van der Waals surface area contributed by atoms with E-state index < -0.39 is 10.0 Å². The number of nitrogens with one attached hydrogen (secondary N) is 1. The van der Waals surface area contributed by atoms with E-state index in [1.165, 1.54) is 12.1 Å². The van der Waals surface area contributed by atoms with Crippen molar-refractivity contribution in [2.45, 2.75) is 31.2 Å². The van der Waals surface area contributed by atoms with Crippen molar-refractivity contribution in [2.75, 3.05) is 6.54 Å². The summed E-state index contributed by atoms with van der Waals surface area (Å²) in [5.41, 5.74) is 5.60. The van der Waals surface area contributed by atoms with Crippen LogP contribution in [0.2, 0.25) is 5.02 Å². The van der Waals surface area contributed by atoms with Crippen LogP contribution in [0, 0.1) is 5.92 Å². The topological polar surface area (TPSA) is 72.2 Å². The van der Waals surface area contributed by atoms with Crippen LogP contribution in [0.3, 0.4) is 0 Å². The minimum absolute atomic E-state index is 0.172. The van der Waals surface area contributed by atoms with Gasteiger partial charge in [-0.3, -0.25) is 0 Å². The fraction of sp³-hybridized carbons (Fsp3) is 0.500. The van der Waals surface area contributed by atoms with Gasteiger partial charge < -0.3 is 5.73 Å². The van der Waals surface area contributed by atoms with E-state index in [1.54, 1.807) is 6.07 Å². The third kappa shape index (κ3) is 5.04. The van der Waals surface area contributed by atoms with E-state index in [-0.39, 0.29) is 17.5 Å². The molecule has 0 heterocycles. The molecule has 0 radical (unpaired) electrons. The number of halogens is 2. The van der Waals surface area contributed by atoms with Crippen LogP contribution in [0.1, 0.15) is 20.3 Å². The number of hydrogen-bond acceptors (Lipinski definition) is 3. The third-order valence-corrected chi connectivity index (χ3v) is 5.30. The second-order valence-corrected chi connectivity index (χ2v) is 7.73. The second-order valence-electron chi connectivity index (χ2n) is 4.76. The van der Waals surface area contributed by atoms with Gasteiger partial charge in [-0.2, -0.15) is 0 Å². The molecule has 0 aromatic heterocycles. The molecule has 4 nitrogen and oxygen atoms in total. The zero-order valence-electron chi connectivity index (χ0n) is 10.9. The maximum Gasteiger partial charge on any atom is 0.240 e. The van der Waals surface area contributed by atoms with E-state index in [2.05, 4.69) is 20.7 Å². The van der Waals surface area contributed by atoms with Gasteiger partial charge in [-0.25, -0.2) is 13.1 Å². The summed E-state index contributed by atoms with van der Waals surface area (Å²) < 4.78 is 27.6. The lowest BCUT2D eigenvalue weighted by atomic mass is 10.1. The molecule has 1 atom stereocenters. The maximum absolute atomic E-state index is 12.2. The first-order valence-electron chi connectivity index (χ1n) is 5.93. The van der Waals surface area contributed by atoms with Crippen molar-refractivity contribution in [3.8, 4) is 0 Å². The summed E-state index contributed by atoms with van der Waals surface area (Å²) in [6, 6.07) is 4.23. The molecule has 0 saturated heterocycles. The van der Waals surface area contributed by atoms with Crippen LogP contribution in [-0.4, -0.2) is 21.0 Å². The normalized spacial score (nSPS) is 13.8. The summed E-state index contributed by atoms with van der Waals surface area (Å²) in [5.74, 6) is 0.369. The first kappa shape index (κ1) is 16.9. The van der Waals surface area contributed by atoms with E-state index in [9.17, 15) is 8.42 Å². The van der Waals surface area contributed by atoms with Gasteiger partial charge in [0.05, 0.1) is 9.92 Å². The Morgan fingerprint density at radius 1 is 1.42 bits per heavy atom. The number of benzene rings is 1. The van der Waals surface area contributed by atoms with Crippen LogP contribution < -0.4 is 10.5 Å². The third-order valence-electron chi connectivity index (χ3n) is 2.56. The monoisotopic (exact) mass is 368 g/mol. The second kappa shape index (κ2) is 7.04. The van der Waals surface area contributed by atoms with Gasteiger partial charge in [0.25, 0.3) is 0 Å². The fourth-order valence-corrected chi connectivity index (χ4v) is 3.63. The van der Waals surface area contributed by atoms with E-state index in [4.69, 9.17) is 17.3 Å². The Labute approximate surface area is 127 Å². The summed E-state index contributed by atoms with van der Waals surface area (Å²) in [6.07, 6.45) is 0.699. The average molecular weight is 370 g/mol. The zero-order valence-corrected chi connectivity index (χ0v) is 14.0. The molecule has 0 aliphatic carbocycles. The molecule has 0 spiro atoms. The Morgan fingerprint density at radius 3 is 2.53 bits per heavy atom. The smallest absolute Gasteiger partial charge is 0.240 e. The zero-order chi connectivity index (χ0) is 14.6. The van der Waals surface area contributed by atoms with E-state index in [0.717, 1.165) is 0 Å². The number of hydrogen-bond donors (Lipinski definition) is 2. The lowest BCUT2D eigenvalue weighted by Gasteiger charge is -2.19. The van der Waals surface area contributed by atoms with Crippen molar-refractivity contribution in [3.05, 3.63) is 27.7 Å². The molecule has 0 aliphatic rings. The average Bonchev–Trinajstić information content (AvgIpc) is 2.30. The van der Waals surface area contributed by atoms with Crippen LogP contribution in [0.15, 0.2) is 27.6 Å². The van der Waals surface area contributed by atoms with E-state index in [1.807, 2.05) is 13.8 Å². The fourth-order valence-electron chi connectivity index (χ4n) is 1.69. The van der Waals surface area contributed by atoms with Crippen molar-refractivity contribution in [3.63, 3.8) is 0 Å². The molecule has 108 valence electrons. The van der Waals surface area contributed by atoms with Gasteiger partial charge in [-0.05, 0) is 46.5 Å². The van der Waals surface area contributed by atoms with Gasteiger partial charge in [0.15, 0.2) is 0 Å². The van der Waals surface area contributed by atoms with E-state index in [0.29, 0.717) is 21.8 Å². The molecule has 1 aromatic carbocycles. The van der Waals surface area contributed by atoms with Crippen molar-refractivity contribution < 1.29 is 8.42 Å². The molecule has 0 fully saturated rings. The molecule has 0 amide bonds. The van der Waals surface area contributed by atoms with Crippen molar-refractivity contribution in [1.29, 1.82) is 0 Å². The maximum atomic E-state index is 12.2. The van der Waals surface area contributed by atoms with Crippen LogP contribution in [0.25, 0.3) is 0 Å². The summed E-state index contributed by atoms with van der Waals surface area (Å²) in [5, 5.41) is 0.469. The molecule has 0 aliphatic heterocycles. The summed E-state index contributed by atoms with van der Waals surface area (Å²) in [7, 11) is -3.58. The number of sulfonamides is 1. The Balaban J connectivity index is 2.93. The predicted octanol–water partition coefficient (Wildman–Crippen LogP) is 2.75. The van der Waals surface area contributed by atoms with E-state index >= 15 is 0 Å². The summed E-state index contributed by atoms with van der Waals surface area (Å²) in [6.45, 7) is 4.32. The molecule has 7 heteroatoms. The SMILES string of the molecule is CC(C)CC(CN)NS(=O)(=O)c1ccc(Cl)c(Br)c1. The summed E-state index contributed by atoms with van der Waals surface area (Å²) >= 11 is 9.06. The largest absolute Gasteiger partial charge is 0.329 e. The van der Waals surface area contributed by atoms with Crippen LogP contribution in [0.5, 0.6) is 0 Å². The molecule has 1 unspecified atom stereocenters. The van der Waals surface area contributed by atoms with Gasteiger partial charge in [0.1, 0.15) is 0 Å². The quantitative estimate of drug-likeness (QED) is 0.810. The highest BCUT2D eigenvalue weighted by molar-refractivity contribution is 9.10. The molecule has 0 saturated carbocycles. The molecule has 3 N–H and O–H groups in total. The minimum Gasteiger partial charge on any atom is -0.329 e. The number of nitrogens with two attached hydrogens (primary N) is 1. The Morgan fingerprint density at radius 2 is 2.05 bits per heavy atom. The van der Waals surface area contributed by atoms with Crippen LogP contribution >= 0.6 is 27.5 Å². The van der Waals surface area contributed by atoms with Gasteiger partial charge in [0.2, 0.25) is 10.0 Å².